The Hall–Kier alpha value is -2.46. The van der Waals surface area contributed by atoms with Gasteiger partial charge in [0.25, 0.3) is 0 Å². The predicted molar refractivity (Wildman–Crippen MR) is 52.4 cm³/mol. The van der Waals surface area contributed by atoms with E-state index in [4.69, 9.17) is 15.1 Å². The van der Waals surface area contributed by atoms with E-state index in [2.05, 4.69) is 11.8 Å². The zero-order valence-corrected chi connectivity index (χ0v) is 7.94. The van der Waals surface area contributed by atoms with E-state index >= 15 is 0 Å². The van der Waals surface area contributed by atoms with E-state index in [1.165, 1.54) is 19.2 Å². The van der Waals surface area contributed by atoms with Gasteiger partial charge < -0.3 is 9.84 Å². The normalized spacial score (nSPS) is 8.27. The number of ether oxygens (including phenoxy) is 1. The summed E-state index contributed by atoms with van der Waals surface area (Å²) >= 11 is 0. The Morgan fingerprint density at radius 2 is 2.27 bits per heavy atom. The highest BCUT2D eigenvalue weighted by atomic mass is 16.5. The molecule has 0 aliphatic heterocycles. The van der Waals surface area contributed by atoms with E-state index in [9.17, 15) is 4.79 Å². The average Bonchev–Trinajstić information content (AvgIpc) is 2.26. The molecule has 0 spiro atoms. The molecular weight excluding hydrogens is 194 g/mol. The van der Waals surface area contributed by atoms with Gasteiger partial charge in [0.1, 0.15) is 5.75 Å². The van der Waals surface area contributed by atoms with Crippen LogP contribution in [0.4, 0.5) is 0 Å². The molecule has 0 heterocycles. The van der Waals surface area contributed by atoms with Crippen LogP contribution in [0.1, 0.15) is 15.9 Å². The van der Waals surface area contributed by atoms with E-state index in [1.54, 1.807) is 12.1 Å². The van der Waals surface area contributed by atoms with Gasteiger partial charge in [-0.1, -0.05) is 0 Å². The summed E-state index contributed by atoms with van der Waals surface area (Å²) in [6.07, 6.45) is 0. The van der Waals surface area contributed by atoms with Crippen LogP contribution in [-0.4, -0.2) is 18.2 Å². The van der Waals surface area contributed by atoms with Crippen molar-refractivity contribution in [3.8, 4) is 23.7 Å². The maximum absolute atomic E-state index is 10.8. The molecule has 74 valence electrons. The SMILES string of the molecule is COc1ccc(C#CC#N)c(C(=O)O)c1. The maximum Gasteiger partial charge on any atom is 0.337 e. The minimum atomic E-state index is -1.10. The molecule has 0 amide bonds. The third kappa shape index (κ3) is 2.49. The first-order valence-corrected chi connectivity index (χ1v) is 4.00. The van der Waals surface area contributed by atoms with Crippen LogP contribution < -0.4 is 4.74 Å². The minimum Gasteiger partial charge on any atom is -0.497 e. The van der Waals surface area contributed by atoms with Crippen molar-refractivity contribution in [2.45, 2.75) is 0 Å². The monoisotopic (exact) mass is 201 g/mol. The van der Waals surface area contributed by atoms with Crippen molar-refractivity contribution >= 4 is 5.97 Å². The Morgan fingerprint density at radius 1 is 1.53 bits per heavy atom. The lowest BCUT2D eigenvalue weighted by atomic mass is 10.1. The first-order valence-electron chi connectivity index (χ1n) is 4.00. The van der Waals surface area contributed by atoms with E-state index in [0.29, 0.717) is 11.3 Å². The molecule has 1 N–H and O–H groups in total. The molecule has 0 fully saturated rings. The predicted octanol–water partition coefficient (Wildman–Crippen LogP) is 1.27. The van der Waals surface area contributed by atoms with Gasteiger partial charge in [0.15, 0.2) is 6.07 Å². The molecule has 0 bridgehead atoms. The Labute approximate surface area is 86.7 Å². The van der Waals surface area contributed by atoms with Gasteiger partial charge in [-0.3, -0.25) is 0 Å². The molecule has 15 heavy (non-hydrogen) atoms. The Balaban J connectivity index is 3.28. The molecule has 0 saturated heterocycles. The molecule has 4 nitrogen and oxygen atoms in total. The van der Waals surface area contributed by atoms with Gasteiger partial charge in [-0.15, -0.1) is 0 Å². The van der Waals surface area contributed by atoms with E-state index in [0.717, 1.165) is 0 Å². The van der Waals surface area contributed by atoms with Crippen molar-refractivity contribution in [1.29, 1.82) is 5.26 Å². The first kappa shape index (κ1) is 10.6. The van der Waals surface area contributed by atoms with E-state index < -0.39 is 5.97 Å². The summed E-state index contributed by atoms with van der Waals surface area (Å²) in [5.41, 5.74) is 0.321. The topological polar surface area (TPSA) is 70.3 Å². The number of hydrogen-bond acceptors (Lipinski definition) is 3. The second kappa shape index (κ2) is 4.69. The maximum atomic E-state index is 10.8. The van der Waals surface area contributed by atoms with Gasteiger partial charge in [0, 0.05) is 11.5 Å². The summed E-state index contributed by atoms with van der Waals surface area (Å²) < 4.78 is 4.89. The van der Waals surface area contributed by atoms with Crippen molar-refractivity contribution in [3.63, 3.8) is 0 Å². The second-order valence-corrected chi connectivity index (χ2v) is 2.58. The van der Waals surface area contributed by atoms with Crippen molar-refractivity contribution in [2.24, 2.45) is 0 Å². The third-order valence-electron chi connectivity index (χ3n) is 1.71. The van der Waals surface area contributed by atoms with Gasteiger partial charge in [-0.05, 0) is 24.1 Å². The Morgan fingerprint density at radius 3 is 2.80 bits per heavy atom. The van der Waals surface area contributed by atoms with Gasteiger partial charge in [0.2, 0.25) is 0 Å². The van der Waals surface area contributed by atoms with Crippen LogP contribution in [0, 0.1) is 23.2 Å². The van der Waals surface area contributed by atoms with Crippen LogP contribution in [0.25, 0.3) is 0 Å². The van der Waals surface area contributed by atoms with Gasteiger partial charge >= 0.3 is 5.97 Å². The first-order chi connectivity index (χ1) is 7.19. The number of hydrogen-bond donors (Lipinski definition) is 1. The second-order valence-electron chi connectivity index (χ2n) is 2.58. The van der Waals surface area contributed by atoms with Gasteiger partial charge in [-0.2, -0.15) is 5.26 Å². The highest BCUT2D eigenvalue weighted by Crippen LogP contribution is 2.16. The molecule has 0 unspecified atom stereocenters. The van der Waals surface area contributed by atoms with Crippen molar-refractivity contribution in [3.05, 3.63) is 29.3 Å². The number of carbonyl (C=O) groups is 1. The molecule has 4 heteroatoms. The summed E-state index contributed by atoms with van der Waals surface area (Å²) in [4.78, 5) is 10.8. The smallest absolute Gasteiger partial charge is 0.337 e. The lowest BCUT2D eigenvalue weighted by Crippen LogP contribution is -2.00. The highest BCUT2D eigenvalue weighted by molar-refractivity contribution is 5.91. The van der Waals surface area contributed by atoms with Crippen LogP contribution in [0.15, 0.2) is 18.2 Å². The average molecular weight is 201 g/mol. The van der Waals surface area contributed by atoms with Crippen LogP contribution in [0.2, 0.25) is 0 Å². The number of carboxylic acids is 1. The van der Waals surface area contributed by atoms with Crippen LogP contribution in [0.3, 0.4) is 0 Å². The summed E-state index contributed by atoms with van der Waals surface area (Å²) in [7, 11) is 1.45. The molecule has 0 aromatic heterocycles. The summed E-state index contributed by atoms with van der Waals surface area (Å²) in [6, 6.07) is 6.09. The van der Waals surface area contributed by atoms with Crippen molar-refractivity contribution < 1.29 is 14.6 Å². The fraction of sp³-hybridized carbons (Fsp3) is 0.0909. The fourth-order valence-electron chi connectivity index (χ4n) is 1.03. The van der Waals surface area contributed by atoms with Crippen LogP contribution in [-0.2, 0) is 0 Å². The molecule has 0 saturated carbocycles. The number of nitrogens with zero attached hydrogens (tertiary/aromatic N) is 1. The number of methoxy groups -OCH3 is 1. The number of benzene rings is 1. The Bertz CT molecular complexity index is 489. The molecule has 1 aromatic rings. The minimum absolute atomic E-state index is 0.0251. The zero-order valence-electron chi connectivity index (χ0n) is 7.94. The number of aromatic carboxylic acids is 1. The van der Waals surface area contributed by atoms with Crippen molar-refractivity contribution in [2.75, 3.05) is 7.11 Å². The van der Waals surface area contributed by atoms with Gasteiger partial charge in [0.05, 0.1) is 12.7 Å². The highest BCUT2D eigenvalue weighted by Gasteiger charge is 2.09. The lowest BCUT2D eigenvalue weighted by Gasteiger charge is -2.02. The number of nitriles is 1. The molecule has 1 aromatic carbocycles. The summed E-state index contributed by atoms with van der Waals surface area (Å²) in [5.74, 6) is 3.94. The standard InChI is InChI=1S/C11H7NO3/c1-15-9-5-4-8(3-2-6-12)10(7-9)11(13)14/h4-5,7H,1H3,(H,13,14). The lowest BCUT2D eigenvalue weighted by molar-refractivity contribution is 0.0696. The van der Waals surface area contributed by atoms with Crippen LogP contribution in [0.5, 0.6) is 5.75 Å². The van der Waals surface area contributed by atoms with E-state index in [-0.39, 0.29) is 5.56 Å². The van der Waals surface area contributed by atoms with Gasteiger partial charge in [-0.25, -0.2) is 4.79 Å². The molecule has 1 rings (SSSR count). The molecule has 0 atom stereocenters. The largest absolute Gasteiger partial charge is 0.497 e. The van der Waals surface area contributed by atoms with E-state index in [1.807, 2.05) is 0 Å². The van der Waals surface area contributed by atoms with Crippen molar-refractivity contribution in [1.82, 2.24) is 0 Å². The zero-order chi connectivity index (χ0) is 11.3. The Kier molecular flexibility index (Phi) is 3.32. The quantitative estimate of drug-likeness (QED) is 0.731. The fourth-order valence-corrected chi connectivity index (χ4v) is 1.03. The van der Waals surface area contributed by atoms with Crippen LogP contribution >= 0.6 is 0 Å². The molecule has 0 aliphatic rings. The molecule has 0 radical (unpaired) electrons. The molecule has 0 aliphatic carbocycles. The summed E-state index contributed by atoms with van der Waals surface area (Å²) in [6.45, 7) is 0. The third-order valence-corrected chi connectivity index (χ3v) is 1.71. The summed E-state index contributed by atoms with van der Waals surface area (Å²) in [5, 5.41) is 17.1. The molecular formula is C11H7NO3. The number of carboxylic acid groups (broad SMARTS) is 1. The number of rotatable bonds is 2.